The molecule has 0 bridgehead atoms. The summed E-state index contributed by atoms with van der Waals surface area (Å²) in [6.07, 6.45) is 0.403. The number of hydrogen-bond donors (Lipinski definition) is 0. The van der Waals surface area contributed by atoms with Crippen LogP contribution >= 0.6 is 15.9 Å². The summed E-state index contributed by atoms with van der Waals surface area (Å²) >= 11 is 3.33. The second-order valence-electron chi connectivity index (χ2n) is 6.13. The quantitative estimate of drug-likeness (QED) is 0.753. The molecule has 0 unspecified atom stereocenters. The Bertz CT molecular complexity index is 883. The first-order valence-corrected chi connectivity index (χ1v) is 10.5. The first-order chi connectivity index (χ1) is 11.8. The van der Waals surface area contributed by atoms with Crippen LogP contribution in [0.1, 0.15) is 22.3 Å². The monoisotopic (exact) mass is 425 g/mol. The van der Waals surface area contributed by atoms with Crippen molar-refractivity contribution in [1.29, 1.82) is 0 Å². The van der Waals surface area contributed by atoms with Crippen LogP contribution in [0, 0.1) is 5.82 Å². The lowest BCUT2D eigenvalue weighted by atomic mass is 10.1. The van der Waals surface area contributed by atoms with E-state index in [1.54, 1.807) is 41.3 Å². The molecule has 1 heterocycles. The maximum atomic E-state index is 13.5. The van der Waals surface area contributed by atoms with E-state index in [9.17, 15) is 17.6 Å². The van der Waals surface area contributed by atoms with Crippen LogP contribution in [0.2, 0.25) is 0 Å². The molecule has 0 saturated carbocycles. The highest BCUT2D eigenvalue weighted by molar-refractivity contribution is 9.10. The van der Waals surface area contributed by atoms with Gasteiger partial charge in [0.1, 0.15) is 5.82 Å². The van der Waals surface area contributed by atoms with Crippen LogP contribution in [-0.4, -0.2) is 36.8 Å². The molecule has 132 valence electrons. The average Bonchev–Trinajstić information content (AvgIpc) is 2.92. The summed E-state index contributed by atoms with van der Waals surface area (Å²) in [4.78, 5) is 14.5. The molecule has 1 amide bonds. The van der Waals surface area contributed by atoms with Crippen molar-refractivity contribution >= 4 is 31.7 Å². The van der Waals surface area contributed by atoms with Crippen molar-refractivity contribution in [3.63, 3.8) is 0 Å². The summed E-state index contributed by atoms with van der Waals surface area (Å²) < 4.78 is 38.0. The zero-order valence-electron chi connectivity index (χ0n) is 13.4. The first kappa shape index (κ1) is 18.1. The van der Waals surface area contributed by atoms with Crippen molar-refractivity contribution in [1.82, 2.24) is 4.90 Å². The minimum Gasteiger partial charge on any atom is -0.330 e. The van der Waals surface area contributed by atoms with E-state index in [2.05, 4.69) is 15.9 Å². The molecule has 0 N–H and O–H groups in total. The number of amides is 1. The SMILES string of the molecule is O=C(c1ccc(Br)cc1)N(Cc1cccc(F)c1)[C@@H]1CCS(=O)(=O)C1. The van der Waals surface area contributed by atoms with Gasteiger partial charge in [0.15, 0.2) is 9.84 Å². The van der Waals surface area contributed by atoms with Crippen molar-refractivity contribution in [2.24, 2.45) is 0 Å². The molecule has 1 atom stereocenters. The third-order valence-electron chi connectivity index (χ3n) is 4.24. The number of halogens is 2. The van der Waals surface area contributed by atoms with E-state index in [0.29, 0.717) is 17.5 Å². The van der Waals surface area contributed by atoms with Crippen LogP contribution in [0.15, 0.2) is 53.0 Å². The van der Waals surface area contributed by atoms with Gasteiger partial charge >= 0.3 is 0 Å². The number of carbonyl (C=O) groups is 1. The fraction of sp³-hybridized carbons (Fsp3) is 0.278. The van der Waals surface area contributed by atoms with Gasteiger partial charge in [-0.05, 0) is 48.4 Å². The van der Waals surface area contributed by atoms with E-state index in [1.165, 1.54) is 12.1 Å². The van der Waals surface area contributed by atoms with Crippen LogP contribution in [0.3, 0.4) is 0 Å². The summed E-state index contributed by atoms with van der Waals surface area (Å²) in [6, 6.07) is 12.5. The van der Waals surface area contributed by atoms with Crippen molar-refractivity contribution in [3.8, 4) is 0 Å². The molecule has 1 aliphatic rings. The van der Waals surface area contributed by atoms with E-state index >= 15 is 0 Å². The van der Waals surface area contributed by atoms with Crippen LogP contribution in [0.25, 0.3) is 0 Å². The topological polar surface area (TPSA) is 54.5 Å². The van der Waals surface area contributed by atoms with E-state index in [-0.39, 0.29) is 29.8 Å². The van der Waals surface area contributed by atoms with E-state index in [4.69, 9.17) is 0 Å². The Hall–Kier alpha value is -1.73. The maximum Gasteiger partial charge on any atom is 0.254 e. The number of benzene rings is 2. The zero-order chi connectivity index (χ0) is 18.0. The molecule has 2 aromatic carbocycles. The molecule has 4 nitrogen and oxygen atoms in total. The molecule has 0 aromatic heterocycles. The standard InChI is InChI=1S/C18H17BrFNO3S/c19-15-6-4-14(5-7-15)18(22)21(17-8-9-25(23,24)12-17)11-13-2-1-3-16(20)10-13/h1-7,10,17H,8-9,11-12H2/t17-/m1/s1. The highest BCUT2D eigenvalue weighted by Crippen LogP contribution is 2.23. The summed E-state index contributed by atoms with van der Waals surface area (Å²) in [7, 11) is -3.14. The Balaban J connectivity index is 1.91. The third-order valence-corrected chi connectivity index (χ3v) is 6.52. The average molecular weight is 426 g/mol. The van der Waals surface area contributed by atoms with Crippen molar-refractivity contribution in [3.05, 3.63) is 69.9 Å². The molecular weight excluding hydrogens is 409 g/mol. The number of sulfone groups is 1. The molecule has 0 spiro atoms. The molecule has 25 heavy (non-hydrogen) atoms. The van der Waals surface area contributed by atoms with Gasteiger partial charge in [0, 0.05) is 22.6 Å². The minimum absolute atomic E-state index is 0.0510. The molecule has 7 heteroatoms. The van der Waals surface area contributed by atoms with Crippen molar-refractivity contribution in [2.45, 2.75) is 19.0 Å². The molecule has 1 saturated heterocycles. The predicted octanol–water partition coefficient (Wildman–Crippen LogP) is 3.42. The second kappa shape index (κ2) is 7.25. The Kier molecular flexibility index (Phi) is 5.24. The van der Waals surface area contributed by atoms with Gasteiger partial charge in [-0.3, -0.25) is 4.79 Å². The maximum absolute atomic E-state index is 13.5. The van der Waals surface area contributed by atoms with Gasteiger partial charge in [-0.25, -0.2) is 12.8 Å². The van der Waals surface area contributed by atoms with Gasteiger partial charge in [0.25, 0.3) is 5.91 Å². The normalized spacial score (nSPS) is 18.9. The lowest BCUT2D eigenvalue weighted by Crippen LogP contribution is -2.40. The minimum atomic E-state index is -3.14. The predicted molar refractivity (Wildman–Crippen MR) is 97.5 cm³/mol. The van der Waals surface area contributed by atoms with Gasteiger partial charge in [-0.1, -0.05) is 28.1 Å². The van der Waals surface area contributed by atoms with Crippen LogP contribution < -0.4 is 0 Å². The van der Waals surface area contributed by atoms with Crippen molar-refractivity contribution in [2.75, 3.05) is 11.5 Å². The van der Waals surface area contributed by atoms with Gasteiger partial charge in [0.05, 0.1) is 11.5 Å². The molecular formula is C18H17BrFNO3S. The van der Waals surface area contributed by atoms with Crippen LogP contribution in [0.4, 0.5) is 4.39 Å². The summed E-state index contributed by atoms with van der Waals surface area (Å²) in [6.45, 7) is 0.173. The number of carbonyl (C=O) groups excluding carboxylic acids is 1. The Morgan fingerprint density at radius 1 is 1.20 bits per heavy atom. The largest absolute Gasteiger partial charge is 0.330 e. The molecule has 0 radical (unpaired) electrons. The second-order valence-corrected chi connectivity index (χ2v) is 9.27. The van der Waals surface area contributed by atoms with Crippen LogP contribution in [-0.2, 0) is 16.4 Å². The number of rotatable bonds is 4. The molecule has 2 aromatic rings. The number of nitrogens with zero attached hydrogens (tertiary/aromatic N) is 1. The van der Waals surface area contributed by atoms with Gasteiger partial charge in [-0.2, -0.15) is 0 Å². The zero-order valence-corrected chi connectivity index (χ0v) is 15.8. The summed E-state index contributed by atoms with van der Waals surface area (Å²) in [5.74, 6) is -0.610. The van der Waals surface area contributed by atoms with E-state index < -0.39 is 15.9 Å². The van der Waals surface area contributed by atoms with E-state index in [0.717, 1.165) is 4.47 Å². The fourth-order valence-corrected chi connectivity index (χ4v) is 4.97. The molecule has 3 rings (SSSR count). The van der Waals surface area contributed by atoms with Crippen molar-refractivity contribution < 1.29 is 17.6 Å². The van der Waals surface area contributed by atoms with Gasteiger partial charge < -0.3 is 4.90 Å². The summed E-state index contributed by atoms with van der Waals surface area (Å²) in [5.41, 5.74) is 1.11. The van der Waals surface area contributed by atoms with E-state index in [1.807, 2.05) is 0 Å². The molecule has 1 fully saturated rings. The molecule has 1 aliphatic heterocycles. The molecule has 0 aliphatic carbocycles. The Labute approximate surface area is 154 Å². The number of hydrogen-bond acceptors (Lipinski definition) is 3. The first-order valence-electron chi connectivity index (χ1n) is 7.85. The van der Waals surface area contributed by atoms with Gasteiger partial charge in [-0.15, -0.1) is 0 Å². The lowest BCUT2D eigenvalue weighted by molar-refractivity contribution is 0.0680. The smallest absolute Gasteiger partial charge is 0.254 e. The summed E-state index contributed by atoms with van der Waals surface area (Å²) in [5, 5.41) is 0. The highest BCUT2D eigenvalue weighted by atomic mass is 79.9. The van der Waals surface area contributed by atoms with Crippen LogP contribution in [0.5, 0.6) is 0 Å². The highest BCUT2D eigenvalue weighted by Gasteiger charge is 2.35. The lowest BCUT2D eigenvalue weighted by Gasteiger charge is -2.28. The Morgan fingerprint density at radius 2 is 1.92 bits per heavy atom. The Morgan fingerprint density at radius 3 is 2.52 bits per heavy atom. The third kappa shape index (κ3) is 4.46. The van der Waals surface area contributed by atoms with Gasteiger partial charge in [0.2, 0.25) is 0 Å². The fourth-order valence-electron chi connectivity index (χ4n) is 2.98.